The van der Waals surface area contributed by atoms with Crippen molar-refractivity contribution in [1.29, 1.82) is 0 Å². The first-order valence-corrected chi connectivity index (χ1v) is 12.3. The summed E-state index contributed by atoms with van der Waals surface area (Å²) in [5, 5.41) is 3.83. The molecule has 0 amide bonds. The van der Waals surface area contributed by atoms with Crippen LogP contribution in [0.25, 0.3) is 49.4 Å². The second kappa shape index (κ2) is 7.19. The maximum absolute atomic E-state index is 13.2. The van der Waals surface area contributed by atoms with Crippen LogP contribution in [-0.4, -0.2) is 4.57 Å². The van der Waals surface area contributed by atoms with Crippen molar-refractivity contribution in [1.82, 2.24) is 4.57 Å². The fraction of sp³-hybridized carbons (Fsp3) is 0.0606. The third-order valence-corrected chi connectivity index (χ3v) is 7.69. The molecule has 0 saturated heterocycles. The minimum Gasteiger partial charge on any atom is -0.456 e. The van der Waals surface area contributed by atoms with Crippen LogP contribution < -0.4 is 5.43 Å². The van der Waals surface area contributed by atoms with E-state index >= 15 is 0 Å². The summed E-state index contributed by atoms with van der Waals surface area (Å²) in [6.07, 6.45) is 1.64. The first kappa shape index (κ1) is 19.7. The van der Waals surface area contributed by atoms with Gasteiger partial charge in [-0.3, -0.25) is 4.79 Å². The molecule has 0 saturated carbocycles. The number of fused-ring (bicyclic) bond motifs is 7. The van der Waals surface area contributed by atoms with E-state index in [9.17, 15) is 4.79 Å². The van der Waals surface area contributed by atoms with E-state index in [4.69, 9.17) is 4.42 Å². The maximum Gasteiger partial charge on any atom is 0.200 e. The first-order chi connectivity index (χ1) is 17.7. The van der Waals surface area contributed by atoms with Crippen molar-refractivity contribution in [3.8, 4) is 5.69 Å². The van der Waals surface area contributed by atoms with Crippen molar-refractivity contribution in [2.75, 3.05) is 0 Å². The van der Waals surface area contributed by atoms with E-state index in [1.165, 1.54) is 49.7 Å². The molecule has 2 heterocycles. The Balaban J connectivity index is 1.30. The predicted octanol–water partition coefficient (Wildman–Crippen LogP) is 7.54. The van der Waals surface area contributed by atoms with Crippen molar-refractivity contribution < 1.29 is 4.42 Å². The van der Waals surface area contributed by atoms with E-state index in [1.54, 1.807) is 0 Å². The minimum absolute atomic E-state index is 0.0412. The molecule has 0 aliphatic heterocycles. The lowest BCUT2D eigenvalue weighted by Crippen LogP contribution is -2.10. The maximum atomic E-state index is 13.2. The molecule has 0 atom stereocenters. The van der Waals surface area contributed by atoms with Gasteiger partial charge >= 0.3 is 0 Å². The average molecular weight is 464 g/mol. The number of rotatable bonds is 1. The highest BCUT2D eigenvalue weighted by Crippen LogP contribution is 2.35. The standard InChI is InChI=1S/C33H21NO2/c35-33-27-9-3-6-12-31(27)36-32-19-23-15-20-13-14-24(17-21(20)16-22(23)18-28(32)33)34-29-10-4-1-7-25(29)26-8-2-5-11-30(26)34/h1-14,17-19H,15-16H2. The van der Waals surface area contributed by atoms with Crippen LogP contribution in [0.2, 0.25) is 0 Å². The molecular weight excluding hydrogens is 442 g/mol. The second-order valence-electron chi connectivity index (χ2n) is 9.72. The Bertz CT molecular complexity index is 2020. The molecule has 8 rings (SSSR count). The third-order valence-electron chi connectivity index (χ3n) is 7.69. The van der Waals surface area contributed by atoms with Crippen molar-refractivity contribution in [3.05, 3.63) is 136 Å². The Labute approximate surface area is 206 Å². The molecule has 170 valence electrons. The molecule has 3 heteroatoms. The van der Waals surface area contributed by atoms with Gasteiger partial charge in [-0.15, -0.1) is 0 Å². The third kappa shape index (κ3) is 2.71. The molecule has 36 heavy (non-hydrogen) atoms. The number of nitrogens with zero attached hydrogens (tertiary/aromatic N) is 1. The van der Waals surface area contributed by atoms with Crippen LogP contribution in [0, 0.1) is 0 Å². The van der Waals surface area contributed by atoms with Gasteiger partial charge in [0.15, 0.2) is 0 Å². The molecule has 0 unspecified atom stereocenters. The number of benzene rings is 5. The summed E-state index contributed by atoms with van der Waals surface area (Å²) in [5.74, 6) is 0. The van der Waals surface area contributed by atoms with E-state index in [0.717, 1.165) is 12.8 Å². The van der Waals surface area contributed by atoms with Crippen LogP contribution in [0.1, 0.15) is 22.3 Å². The predicted molar refractivity (Wildman–Crippen MR) is 146 cm³/mol. The van der Waals surface area contributed by atoms with Gasteiger partial charge < -0.3 is 8.98 Å². The molecule has 0 bridgehead atoms. The average Bonchev–Trinajstić information content (AvgIpc) is 3.25. The van der Waals surface area contributed by atoms with Gasteiger partial charge in [-0.25, -0.2) is 0 Å². The SMILES string of the molecule is O=c1c2ccccc2oc2cc3c(cc12)Cc1cc(-n2c4ccccc4c4ccccc42)ccc1C3. The molecule has 0 spiro atoms. The Hall–Kier alpha value is -4.63. The van der Waals surface area contributed by atoms with Crippen molar-refractivity contribution in [2.24, 2.45) is 0 Å². The number of aromatic nitrogens is 1. The summed E-state index contributed by atoms with van der Waals surface area (Å²) in [7, 11) is 0. The molecule has 5 aromatic carbocycles. The Morgan fingerprint density at radius 2 is 1.14 bits per heavy atom. The Morgan fingerprint density at radius 3 is 1.92 bits per heavy atom. The first-order valence-electron chi connectivity index (χ1n) is 12.3. The molecule has 1 aliphatic rings. The van der Waals surface area contributed by atoms with Gasteiger partial charge in [0.1, 0.15) is 11.2 Å². The summed E-state index contributed by atoms with van der Waals surface area (Å²) in [6, 6.07) is 35.6. The zero-order valence-electron chi connectivity index (χ0n) is 19.5. The van der Waals surface area contributed by atoms with Crippen LogP contribution >= 0.6 is 0 Å². The van der Waals surface area contributed by atoms with Crippen molar-refractivity contribution in [2.45, 2.75) is 12.8 Å². The van der Waals surface area contributed by atoms with E-state index < -0.39 is 0 Å². The van der Waals surface area contributed by atoms with Crippen LogP contribution in [-0.2, 0) is 12.8 Å². The van der Waals surface area contributed by atoms with E-state index in [2.05, 4.69) is 83.4 Å². The lowest BCUT2D eigenvalue weighted by molar-refractivity contribution is 0.659. The molecule has 0 radical (unpaired) electrons. The summed E-state index contributed by atoms with van der Waals surface area (Å²) in [4.78, 5) is 13.2. The molecule has 2 aromatic heterocycles. The zero-order chi connectivity index (χ0) is 23.8. The smallest absolute Gasteiger partial charge is 0.200 e. The van der Waals surface area contributed by atoms with Gasteiger partial charge in [-0.2, -0.15) is 0 Å². The quantitative estimate of drug-likeness (QED) is 0.236. The topological polar surface area (TPSA) is 35.1 Å². The molecule has 1 aliphatic carbocycles. The summed E-state index contributed by atoms with van der Waals surface area (Å²) < 4.78 is 8.49. The lowest BCUT2D eigenvalue weighted by atomic mass is 9.85. The van der Waals surface area contributed by atoms with Gasteiger partial charge in [0.05, 0.1) is 21.8 Å². The molecular formula is C33H21NO2. The number of hydrogen-bond acceptors (Lipinski definition) is 2. The summed E-state index contributed by atoms with van der Waals surface area (Å²) >= 11 is 0. The largest absolute Gasteiger partial charge is 0.456 e. The number of para-hydroxylation sites is 3. The molecule has 7 aromatic rings. The zero-order valence-corrected chi connectivity index (χ0v) is 19.5. The van der Waals surface area contributed by atoms with Gasteiger partial charge in [0.2, 0.25) is 5.43 Å². The van der Waals surface area contributed by atoms with E-state index in [0.29, 0.717) is 21.9 Å². The van der Waals surface area contributed by atoms with E-state index in [1.807, 2.05) is 24.3 Å². The van der Waals surface area contributed by atoms with Crippen LogP contribution in [0.3, 0.4) is 0 Å². The van der Waals surface area contributed by atoms with Gasteiger partial charge in [0.25, 0.3) is 0 Å². The van der Waals surface area contributed by atoms with Crippen LogP contribution in [0.4, 0.5) is 0 Å². The number of hydrogen-bond donors (Lipinski definition) is 0. The van der Waals surface area contributed by atoms with Crippen molar-refractivity contribution >= 4 is 43.7 Å². The van der Waals surface area contributed by atoms with Gasteiger partial charge in [-0.1, -0.05) is 54.6 Å². The highest BCUT2D eigenvalue weighted by Gasteiger charge is 2.20. The lowest BCUT2D eigenvalue weighted by Gasteiger charge is -2.21. The fourth-order valence-electron chi connectivity index (χ4n) is 5.96. The molecule has 3 nitrogen and oxygen atoms in total. The fourth-order valence-corrected chi connectivity index (χ4v) is 5.96. The highest BCUT2D eigenvalue weighted by molar-refractivity contribution is 6.09. The van der Waals surface area contributed by atoms with Gasteiger partial charge in [0, 0.05) is 16.5 Å². The Kier molecular flexibility index (Phi) is 3.92. The van der Waals surface area contributed by atoms with Gasteiger partial charge in [-0.05, 0) is 83.6 Å². The van der Waals surface area contributed by atoms with Crippen LogP contribution in [0.15, 0.2) is 112 Å². The summed E-state index contributed by atoms with van der Waals surface area (Å²) in [6.45, 7) is 0. The van der Waals surface area contributed by atoms with Crippen molar-refractivity contribution in [3.63, 3.8) is 0 Å². The normalized spacial score (nSPS) is 12.9. The Morgan fingerprint density at radius 1 is 0.528 bits per heavy atom. The van der Waals surface area contributed by atoms with Crippen LogP contribution in [0.5, 0.6) is 0 Å². The monoisotopic (exact) mass is 463 g/mol. The highest BCUT2D eigenvalue weighted by atomic mass is 16.3. The molecule has 0 fully saturated rings. The summed E-state index contributed by atoms with van der Waals surface area (Å²) in [5.41, 5.74) is 10.0. The molecule has 0 N–H and O–H groups in total. The minimum atomic E-state index is 0.0412. The van der Waals surface area contributed by atoms with E-state index in [-0.39, 0.29) is 5.43 Å². The second-order valence-corrected chi connectivity index (χ2v) is 9.72.